The van der Waals surface area contributed by atoms with Crippen molar-refractivity contribution in [3.8, 4) is 0 Å². The Bertz CT molecular complexity index is 1110. The van der Waals surface area contributed by atoms with Crippen LogP contribution >= 0.6 is 0 Å². The number of nitrogens with one attached hydrogen (secondary N) is 2. The fourth-order valence-corrected chi connectivity index (χ4v) is 5.52. The summed E-state index contributed by atoms with van der Waals surface area (Å²) in [5.41, 5.74) is 0. The highest BCUT2D eigenvalue weighted by Crippen LogP contribution is 2.24. The second-order valence-corrected chi connectivity index (χ2v) is 12.3. The van der Waals surface area contributed by atoms with Crippen molar-refractivity contribution in [1.29, 1.82) is 0 Å². The number of amides is 5. The van der Waals surface area contributed by atoms with Crippen molar-refractivity contribution in [3.05, 3.63) is 0 Å². The van der Waals surface area contributed by atoms with Gasteiger partial charge in [0.15, 0.2) is 6.10 Å². The highest BCUT2D eigenvalue weighted by atomic mass is 16.5. The van der Waals surface area contributed by atoms with E-state index in [9.17, 15) is 38.7 Å². The Labute approximate surface area is 259 Å². The van der Waals surface area contributed by atoms with Crippen LogP contribution < -0.4 is 10.6 Å². The number of hydrogen-bond acceptors (Lipinski definition) is 8. The first-order valence-electron chi connectivity index (χ1n) is 15.4. The van der Waals surface area contributed by atoms with E-state index in [4.69, 9.17) is 4.74 Å². The molecule has 0 saturated carbocycles. The first kappa shape index (κ1) is 36.5. The number of hydrogen-bond donors (Lipinski definition) is 3. The lowest BCUT2D eigenvalue weighted by Crippen LogP contribution is -2.60. The lowest BCUT2D eigenvalue weighted by molar-refractivity contribution is -0.164. The van der Waals surface area contributed by atoms with Crippen LogP contribution in [0.5, 0.6) is 0 Å². The van der Waals surface area contributed by atoms with E-state index >= 15 is 0 Å². The molecule has 0 bridgehead atoms. The Hall–Kier alpha value is -3.71. The zero-order chi connectivity index (χ0) is 33.5. The largest absolute Gasteiger partial charge is 0.481 e. The van der Waals surface area contributed by atoms with Crippen molar-refractivity contribution in [2.75, 3.05) is 27.2 Å². The van der Waals surface area contributed by atoms with Crippen LogP contribution in [-0.4, -0.2) is 119 Å². The molecule has 0 aromatic heterocycles. The van der Waals surface area contributed by atoms with Crippen LogP contribution in [0.3, 0.4) is 0 Å². The molecule has 2 rings (SSSR count). The smallest absolute Gasteiger partial charge is 0.308 e. The van der Waals surface area contributed by atoms with Crippen LogP contribution in [0.1, 0.15) is 73.6 Å². The molecule has 3 N–H and O–H groups in total. The summed E-state index contributed by atoms with van der Waals surface area (Å²) in [6.45, 7) is 10.2. The third-order valence-corrected chi connectivity index (χ3v) is 8.74. The summed E-state index contributed by atoms with van der Waals surface area (Å²) in [7, 11) is 2.95. The van der Waals surface area contributed by atoms with Gasteiger partial charge >= 0.3 is 11.9 Å². The van der Waals surface area contributed by atoms with E-state index < -0.39 is 77.7 Å². The van der Waals surface area contributed by atoms with Crippen molar-refractivity contribution in [1.82, 2.24) is 25.3 Å². The van der Waals surface area contributed by atoms with Crippen LogP contribution in [0, 0.1) is 17.8 Å². The molecule has 248 valence electrons. The number of carboxylic acids is 1. The van der Waals surface area contributed by atoms with Gasteiger partial charge in [-0.2, -0.15) is 0 Å². The van der Waals surface area contributed by atoms with Crippen LogP contribution in [0.4, 0.5) is 0 Å². The Morgan fingerprint density at radius 2 is 1.61 bits per heavy atom. The van der Waals surface area contributed by atoms with Crippen molar-refractivity contribution in [2.45, 2.75) is 104 Å². The second-order valence-electron chi connectivity index (χ2n) is 12.3. The average molecular weight is 624 g/mol. The molecule has 0 radical (unpaired) electrons. The number of ether oxygens (including phenoxy) is 1. The van der Waals surface area contributed by atoms with Crippen LogP contribution in [0.15, 0.2) is 0 Å². The summed E-state index contributed by atoms with van der Waals surface area (Å²) >= 11 is 0. The minimum atomic E-state index is -1.47. The molecule has 2 saturated heterocycles. The highest BCUT2D eigenvalue weighted by Gasteiger charge is 2.43. The van der Waals surface area contributed by atoms with E-state index in [1.165, 1.54) is 42.6 Å². The number of carbonyl (C=O) groups is 7. The first-order chi connectivity index (χ1) is 20.5. The van der Waals surface area contributed by atoms with E-state index in [1.54, 1.807) is 20.8 Å². The topological polar surface area (TPSA) is 183 Å². The molecule has 7 atom stereocenters. The van der Waals surface area contributed by atoms with Crippen molar-refractivity contribution in [3.63, 3.8) is 0 Å². The van der Waals surface area contributed by atoms with E-state index in [2.05, 4.69) is 10.6 Å². The predicted octanol–water partition coefficient (Wildman–Crippen LogP) is 0.381. The number of nitrogens with zero attached hydrogens (tertiary/aromatic N) is 3. The van der Waals surface area contributed by atoms with E-state index in [0.29, 0.717) is 19.3 Å². The van der Waals surface area contributed by atoms with E-state index in [-0.39, 0.29) is 37.8 Å². The zero-order valence-electron chi connectivity index (χ0n) is 27.1. The maximum absolute atomic E-state index is 13.9. The molecule has 0 aliphatic carbocycles. The second kappa shape index (κ2) is 15.8. The van der Waals surface area contributed by atoms with Gasteiger partial charge < -0.3 is 35.2 Å². The molecule has 14 nitrogen and oxygen atoms in total. The molecule has 44 heavy (non-hydrogen) atoms. The number of rotatable bonds is 6. The third kappa shape index (κ3) is 8.69. The van der Waals surface area contributed by atoms with Gasteiger partial charge in [-0.3, -0.25) is 33.6 Å². The van der Waals surface area contributed by atoms with Crippen LogP contribution in [-0.2, 0) is 38.3 Å². The van der Waals surface area contributed by atoms with Gasteiger partial charge in [0.25, 0.3) is 5.91 Å². The number of aliphatic carboxylic acids is 1. The fraction of sp³-hybridized carbons (Fsp3) is 0.767. The lowest BCUT2D eigenvalue weighted by atomic mass is 9.94. The molecule has 2 heterocycles. The van der Waals surface area contributed by atoms with Crippen LogP contribution in [0.25, 0.3) is 0 Å². The maximum Gasteiger partial charge on any atom is 0.308 e. The Morgan fingerprint density at radius 1 is 0.977 bits per heavy atom. The molecule has 14 heteroatoms. The zero-order valence-corrected chi connectivity index (χ0v) is 27.1. The summed E-state index contributed by atoms with van der Waals surface area (Å²) in [5, 5.41) is 14.9. The van der Waals surface area contributed by atoms with Gasteiger partial charge in [-0.25, -0.2) is 0 Å². The molecule has 2 fully saturated rings. The number of esters is 1. The summed E-state index contributed by atoms with van der Waals surface area (Å²) in [6.07, 6.45) is -0.787. The molecule has 2 aliphatic rings. The standard InChI is InChI=1S/C30H49N5O9/c1-9-17(4)23-28(40)34(8)24(16(2)3)29(41)33(7)19(6)25(37)31-13-12-22(36)44-21(15-18(5)30(42)43)27(39)35-14-10-11-20(35)26(38)32-23/h16-21,23-24H,9-15H2,1-8H3,(H,31,37)(H,32,38)(H,42,43)/t17-,18?,19-,20-,21+,23-,24?/m0/s1. The van der Waals surface area contributed by atoms with E-state index in [1.807, 2.05) is 6.92 Å². The third-order valence-electron chi connectivity index (χ3n) is 8.74. The number of carboxylic acid groups (broad SMARTS) is 1. The molecular formula is C30H49N5O9. The minimum Gasteiger partial charge on any atom is -0.481 e. The number of likely N-dealkylation sites (N-methyl/N-ethyl adjacent to an activating group) is 2. The molecule has 0 aromatic carbocycles. The van der Waals surface area contributed by atoms with Crippen molar-refractivity contribution < 1.29 is 43.4 Å². The van der Waals surface area contributed by atoms with Gasteiger partial charge in [0.1, 0.15) is 24.2 Å². The fourth-order valence-electron chi connectivity index (χ4n) is 5.52. The van der Waals surface area contributed by atoms with Gasteiger partial charge in [-0.1, -0.05) is 41.0 Å². The Kier molecular flexibility index (Phi) is 13.1. The van der Waals surface area contributed by atoms with Gasteiger partial charge in [0.2, 0.25) is 23.6 Å². The average Bonchev–Trinajstić information content (AvgIpc) is 3.46. The first-order valence-corrected chi connectivity index (χ1v) is 15.4. The predicted molar refractivity (Wildman–Crippen MR) is 159 cm³/mol. The maximum atomic E-state index is 13.9. The summed E-state index contributed by atoms with van der Waals surface area (Å²) in [5.74, 6) is -6.46. The highest BCUT2D eigenvalue weighted by molar-refractivity contribution is 5.96. The van der Waals surface area contributed by atoms with Crippen LogP contribution in [0.2, 0.25) is 0 Å². The molecule has 5 amide bonds. The minimum absolute atomic E-state index is 0.156. The van der Waals surface area contributed by atoms with Gasteiger partial charge in [0.05, 0.1) is 12.3 Å². The normalized spacial score (nSPS) is 28.4. The SMILES string of the molecule is CC[C@H](C)[C@@H]1NC(=O)[C@@H]2CCCN2C(=O)[C@@H](CC(C)C(=O)O)OC(=O)CCNC(=O)[C@H](C)N(C)C(=O)C(C(C)C)N(C)C1=O. The van der Waals surface area contributed by atoms with Crippen molar-refractivity contribution in [2.24, 2.45) is 17.8 Å². The van der Waals surface area contributed by atoms with Gasteiger partial charge in [-0.05, 0) is 31.6 Å². The summed E-state index contributed by atoms with van der Waals surface area (Å²) in [6, 6.07) is -3.87. The lowest BCUT2D eigenvalue weighted by Gasteiger charge is -2.38. The van der Waals surface area contributed by atoms with Gasteiger partial charge in [-0.15, -0.1) is 0 Å². The quantitative estimate of drug-likeness (QED) is 0.352. The molecule has 2 aliphatic heterocycles. The van der Waals surface area contributed by atoms with Crippen molar-refractivity contribution >= 4 is 41.5 Å². The molecule has 0 spiro atoms. The number of carbonyl (C=O) groups excluding carboxylic acids is 6. The van der Waals surface area contributed by atoms with Gasteiger partial charge in [0, 0.05) is 33.6 Å². The molecule has 0 aromatic rings. The van der Waals surface area contributed by atoms with E-state index in [0.717, 1.165) is 0 Å². The monoisotopic (exact) mass is 623 g/mol. The Morgan fingerprint density at radius 3 is 2.18 bits per heavy atom. The molecular weight excluding hydrogens is 574 g/mol. The summed E-state index contributed by atoms with van der Waals surface area (Å²) < 4.78 is 5.44. The number of cyclic esters (lactones) is 1. The number of fused-ring (bicyclic) bond motifs is 1. The Balaban J connectivity index is 2.56. The summed E-state index contributed by atoms with van der Waals surface area (Å²) in [4.78, 5) is 96.0. The molecule has 2 unspecified atom stereocenters.